The number of aliphatic hydroxyl groups is 2. The summed E-state index contributed by atoms with van der Waals surface area (Å²) in [7, 11) is 1.21. The molecule has 0 bridgehead atoms. The summed E-state index contributed by atoms with van der Waals surface area (Å²) < 4.78 is 52.8. The van der Waals surface area contributed by atoms with Crippen LogP contribution in [0.5, 0.6) is 0 Å². The molecule has 3 rings (SSSR count). The van der Waals surface area contributed by atoms with Crippen molar-refractivity contribution in [3.8, 4) is 0 Å². The van der Waals surface area contributed by atoms with Gasteiger partial charge in [-0.25, -0.2) is 18.3 Å². The van der Waals surface area contributed by atoms with Gasteiger partial charge in [-0.2, -0.15) is 4.39 Å². The average molecular weight is 471 g/mol. The van der Waals surface area contributed by atoms with Crippen LogP contribution in [0.15, 0.2) is 34.1 Å². The molecule has 0 aliphatic heterocycles. The van der Waals surface area contributed by atoms with E-state index in [4.69, 9.17) is 9.66 Å². The van der Waals surface area contributed by atoms with E-state index in [1.54, 1.807) is 0 Å². The fourth-order valence-corrected chi connectivity index (χ4v) is 3.29. The van der Waals surface area contributed by atoms with Gasteiger partial charge < -0.3 is 15.5 Å². The third-order valence-corrected chi connectivity index (χ3v) is 5.00. The number of nitrogens with one attached hydrogen (secondary N) is 2. The Bertz CT molecular complexity index is 1310. The van der Waals surface area contributed by atoms with Crippen LogP contribution >= 0.6 is 0 Å². The molecule has 3 aromatic rings. The summed E-state index contributed by atoms with van der Waals surface area (Å²) in [6.07, 6.45) is -0.245. The Morgan fingerprint density at radius 3 is 2.59 bits per heavy atom. The number of halogens is 2. The molecule has 1 aromatic carbocycles. The second-order valence-corrected chi connectivity index (χ2v) is 7.59. The highest BCUT2D eigenvalue weighted by Crippen LogP contribution is 2.26. The second-order valence-electron chi connectivity index (χ2n) is 6.80. The van der Waals surface area contributed by atoms with Gasteiger partial charge in [0.1, 0.15) is 17.5 Å². The number of aromatic nitrogens is 3. The number of anilines is 2. The Labute approximate surface area is 181 Å². The van der Waals surface area contributed by atoms with Crippen LogP contribution in [0.4, 0.5) is 20.2 Å². The molecule has 0 saturated heterocycles. The molecule has 172 valence electrons. The van der Waals surface area contributed by atoms with Crippen molar-refractivity contribution in [2.24, 2.45) is 7.05 Å². The first kappa shape index (κ1) is 23.6. The van der Waals surface area contributed by atoms with Gasteiger partial charge in [-0.1, -0.05) is 6.07 Å². The van der Waals surface area contributed by atoms with Gasteiger partial charge in [0.05, 0.1) is 30.6 Å². The summed E-state index contributed by atoms with van der Waals surface area (Å²) in [4.78, 5) is 29.2. The Kier molecular flexibility index (Phi) is 7.10. The molecule has 14 heteroatoms. The van der Waals surface area contributed by atoms with Crippen LogP contribution < -0.4 is 21.2 Å². The molecule has 0 spiro atoms. The maximum absolute atomic E-state index is 14.9. The summed E-state index contributed by atoms with van der Waals surface area (Å²) in [6.45, 7) is -1.09. The Balaban J connectivity index is 2.13. The number of aryl methyl sites for hydroxylation is 1. The lowest BCUT2D eigenvalue weighted by Gasteiger charge is -2.16. The lowest BCUT2D eigenvalue weighted by atomic mass is 10.1. The molecule has 0 amide bonds. The van der Waals surface area contributed by atoms with Gasteiger partial charge in [0.2, 0.25) is 17.1 Å². The molecule has 0 aliphatic rings. The maximum Gasteiger partial charge on any atom is 0.290 e. The largest absolute Gasteiger partial charge is 0.394 e. The van der Waals surface area contributed by atoms with E-state index in [0.717, 1.165) is 21.5 Å². The number of pyridine rings is 1. The molecule has 2 aromatic heterocycles. The van der Waals surface area contributed by atoms with Gasteiger partial charge in [-0.3, -0.25) is 23.3 Å². The van der Waals surface area contributed by atoms with E-state index in [9.17, 15) is 27.7 Å². The standard InChI is InChI=1S/C18H19F2N5O6S/c1-24-16-13(17(28)25(8-21-16)6-10(27)7-26)15(14(20)18(24)29)23-12-3-2-9(4-11(12)19)5-22-32(30)31/h2-4,8,10,22-23,26-27H,5-7H2,1H3,(H,30,31). The number of hydrogen-bond acceptors (Lipinski definition) is 7. The van der Waals surface area contributed by atoms with Crippen LogP contribution in [0.2, 0.25) is 0 Å². The van der Waals surface area contributed by atoms with Crippen LogP contribution in [0, 0.1) is 11.6 Å². The Morgan fingerprint density at radius 1 is 1.25 bits per heavy atom. The number of rotatable bonds is 8. The molecule has 2 atom stereocenters. The van der Waals surface area contributed by atoms with E-state index in [-0.39, 0.29) is 29.8 Å². The minimum Gasteiger partial charge on any atom is -0.394 e. The van der Waals surface area contributed by atoms with Crippen LogP contribution in [0.1, 0.15) is 5.56 Å². The molecule has 11 nitrogen and oxygen atoms in total. The molecule has 0 fully saturated rings. The lowest BCUT2D eigenvalue weighted by molar-refractivity contribution is 0.0802. The number of hydrogen-bond donors (Lipinski definition) is 5. The number of aliphatic hydroxyl groups excluding tert-OH is 2. The van der Waals surface area contributed by atoms with E-state index in [1.807, 2.05) is 0 Å². The Morgan fingerprint density at radius 2 is 1.97 bits per heavy atom. The molecule has 2 unspecified atom stereocenters. The summed E-state index contributed by atoms with van der Waals surface area (Å²) in [5, 5.41) is 20.7. The Hall–Kier alpha value is -3.04. The van der Waals surface area contributed by atoms with Crippen molar-refractivity contribution in [1.29, 1.82) is 0 Å². The monoisotopic (exact) mass is 471 g/mol. The topological polar surface area (TPSA) is 159 Å². The van der Waals surface area contributed by atoms with Gasteiger partial charge in [0.25, 0.3) is 11.1 Å². The molecule has 32 heavy (non-hydrogen) atoms. The van der Waals surface area contributed by atoms with Gasteiger partial charge in [-0.15, -0.1) is 0 Å². The van der Waals surface area contributed by atoms with Gasteiger partial charge in [-0.05, 0) is 17.7 Å². The fourth-order valence-electron chi connectivity index (χ4n) is 3.00. The van der Waals surface area contributed by atoms with E-state index < -0.39 is 52.4 Å². The summed E-state index contributed by atoms with van der Waals surface area (Å²) in [5.74, 6) is -2.22. The molecule has 5 N–H and O–H groups in total. The molecule has 0 aliphatic carbocycles. The van der Waals surface area contributed by atoms with Crippen molar-refractivity contribution in [3.05, 3.63) is 62.4 Å². The predicted octanol–water partition coefficient (Wildman–Crippen LogP) is -0.304. The highest BCUT2D eigenvalue weighted by atomic mass is 32.2. The number of fused-ring (bicyclic) bond motifs is 1. The normalized spacial score (nSPS) is 13.3. The maximum atomic E-state index is 14.9. The smallest absolute Gasteiger partial charge is 0.290 e. The first-order chi connectivity index (χ1) is 15.1. The number of nitrogens with zero attached hydrogens (tertiary/aromatic N) is 3. The van der Waals surface area contributed by atoms with Crippen molar-refractivity contribution in [2.75, 3.05) is 11.9 Å². The third-order valence-electron chi connectivity index (χ3n) is 4.61. The zero-order valence-corrected chi connectivity index (χ0v) is 17.4. The summed E-state index contributed by atoms with van der Waals surface area (Å²) in [6, 6.07) is 3.62. The zero-order chi connectivity index (χ0) is 23.6. The highest BCUT2D eigenvalue weighted by molar-refractivity contribution is 7.77. The second kappa shape index (κ2) is 9.62. The van der Waals surface area contributed by atoms with Crippen molar-refractivity contribution < 1.29 is 27.8 Å². The highest BCUT2D eigenvalue weighted by Gasteiger charge is 2.21. The van der Waals surface area contributed by atoms with E-state index in [2.05, 4.69) is 15.0 Å². The van der Waals surface area contributed by atoms with Crippen LogP contribution in [0.3, 0.4) is 0 Å². The van der Waals surface area contributed by atoms with Crippen molar-refractivity contribution in [1.82, 2.24) is 18.8 Å². The van der Waals surface area contributed by atoms with E-state index in [1.165, 1.54) is 19.2 Å². The van der Waals surface area contributed by atoms with Crippen molar-refractivity contribution in [2.45, 2.75) is 19.2 Å². The molecule has 0 saturated carbocycles. The molecule has 2 heterocycles. The van der Waals surface area contributed by atoms with Gasteiger partial charge in [0, 0.05) is 13.6 Å². The van der Waals surface area contributed by atoms with Crippen molar-refractivity contribution in [3.63, 3.8) is 0 Å². The van der Waals surface area contributed by atoms with E-state index in [0.29, 0.717) is 5.56 Å². The number of benzene rings is 1. The predicted molar refractivity (Wildman–Crippen MR) is 112 cm³/mol. The van der Waals surface area contributed by atoms with Gasteiger partial charge in [0.15, 0.2) is 5.65 Å². The van der Waals surface area contributed by atoms with Crippen LogP contribution in [0.25, 0.3) is 11.0 Å². The summed E-state index contributed by atoms with van der Waals surface area (Å²) >= 11 is -2.30. The van der Waals surface area contributed by atoms with Gasteiger partial charge >= 0.3 is 0 Å². The zero-order valence-electron chi connectivity index (χ0n) is 16.6. The van der Waals surface area contributed by atoms with E-state index >= 15 is 0 Å². The summed E-state index contributed by atoms with van der Waals surface area (Å²) in [5.41, 5.74) is -2.66. The fraction of sp³-hybridized carbons (Fsp3) is 0.278. The minimum atomic E-state index is -2.30. The average Bonchev–Trinajstić information content (AvgIpc) is 2.76. The third kappa shape index (κ3) is 4.73. The van der Waals surface area contributed by atoms with Crippen molar-refractivity contribution >= 4 is 33.7 Å². The molecular weight excluding hydrogens is 452 g/mol. The lowest BCUT2D eigenvalue weighted by Crippen LogP contribution is -2.32. The molecular formula is C18H19F2N5O6S. The van der Waals surface area contributed by atoms with Crippen LogP contribution in [-0.2, 0) is 31.4 Å². The first-order valence-electron chi connectivity index (χ1n) is 9.10. The SMILES string of the molecule is Cn1c(=O)c(F)c(Nc2ccc(CNS(=O)O)cc2F)c2c(=O)n(CC(O)CO)cnc21. The first-order valence-corrected chi connectivity index (χ1v) is 10.2. The minimum absolute atomic E-state index is 0.120. The quantitative estimate of drug-likeness (QED) is 0.280. The molecule has 0 radical (unpaired) electrons. The van der Waals surface area contributed by atoms with Crippen LogP contribution in [-0.4, -0.2) is 45.8 Å².